The molecule has 0 unspecified atom stereocenters. The van der Waals surface area contributed by atoms with Gasteiger partial charge in [0, 0.05) is 5.56 Å². The summed E-state index contributed by atoms with van der Waals surface area (Å²) < 4.78 is 0. The zero-order chi connectivity index (χ0) is 17.4. The van der Waals surface area contributed by atoms with Crippen molar-refractivity contribution in [3.8, 4) is 23.5 Å². The number of fused-ring (bicyclic) bond motifs is 1. The number of nitrogens with one attached hydrogen (secondary N) is 1. The number of amides is 1. The van der Waals surface area contributed by atoms with Crippen LogP contribution in [0.2, 0.25) is 0 Å². The number of benzene rings is 2. The number of carbonyl (C=O) groups excluding carboxylic acids is 1. The van der Waals surface area contributed by atoms with Crippen molar-refractivity contribution >= 4 is 6.41 Å². The molecule has 1 N–H and O–H groups in total. The lowest BCUT2D eigenvalue weighted by atomic mass is 9.83. The van der Waals surface area contributed by atoms with Crippen molar-refractivity contribution in [1.29, 1.82) is 0 Å². The predicted molar refractivity (Wildman–Crippen MR) is 100 cm³/mol. The maximum absolute atomic E-state index is 10.9. The number of rotatable bonds is 7. The maximum atomic E-state index is 10.9. The normalized spacial score (nSPS) is 10.5. The topological polar surface area (TPSA) is 29.1 Å². The molecule has 0 saturated carbocycles. The smallest absolute Gasteiger partial charge is 0.207 e. The Hall–Kier alpha value is -3.05. The molecule has 2 heteroatoms. The molecular weight excluding hydrogens is 294 g/mol. The minimum Gasteiger partial charge on any atom is -0.349 e. The first-order valence-corrected chi connectivity index (χ1v) is 7.80. The Labute approximate surface area is 143 Å². The quantitative estimate of drug-likeness (QED) is 0.390. The fraction of sp³-hybridized carbons (Fsp3) is 0.136. The van der Waals surface area contributed by atoms with E-state index in [1.54, 1.807) is 12.2 Å². The van der Waals surface area contributed by atoms with Gasteiger partial charge in [0.05, 0.1) is 5.54 Å². The number of carbonyl (C=O) groups is 1. The Morgan fingerprint density at radius 1 is 0.958 bits per heavy atom. The van der Waals surface area contributed by atoms with E-state index in [0.29, 0.717) is 19.3 Å². The molecule has 24 heavy (non-hydrogen) atoms. The Morgan fingerprint density at radius 2 is 1.46 bits per heavy atom. The molecule has 2 aliphatic rings. The fourth-order valence-electron chi connectivity index (χ4n) is 2.67. The van der Waals surface area contributed by atoms with Gasteiger partial charge in [-0.3, -0.25) is 4.79 Å². The monoisotopic (exact) mass is 315 g/mol. The maximum Gasteiger partial charge on any atom is 0.207 e. The van der Waals surface area contributed by atoms with Crippen LogP contribution in [0.5, 0.6) is 0 Å². The van der Waals surface area contributed by atoms with Crippen LogP contribution in [-0.4, -0.2) is 6.41 Å². The van der Waals surface area contributed by atoms with Gasteiger partial charge in [0.2, 0.25) is 6.41 Å². The molecular formula is C22H21NO. The highest BCUT2D eigenvalue weighted by atomic mass is 16.1. The molecule has 0 atom stereocenters. The van der Waals surface area contributed by atoms with Crippen LogP contribution in [0.4, 0.5) is 0 Å². The van der Waals surface area contributed by atoms with Gasteiger partial charge in [0.15, 0.2) is 0 Å². The van der Waals surface area contributed by atoms with Crippen LogP contribution >= 0.6 is 0 Å². The van der Waals surface area contributed by atoms with E-state index in [1.807, 2.05) is 24.3 Å². The van der Waals surface area contributed by atoms with Gasteiger partial charge in [-0.15, -0.1) is 19.6 Å². The average Bonchev–Trinajstić information content (AvgIpc) is 2.59. The zero-order valence-electron chi connectivity index (χ0n) is 13.7. The van der Waals surface area contributed by atoms with E-state index in [1.165, 1.54) is 11.1 Å². The third-order valence-corrected chi connectivity index (χ3v) is 4.14. The van der Waals surface area contributed by atoms with Gasteiger partial charge in [0.25, 0.3) is 0 Å². The molecule has 0 heterocycles. The highest BCUT2D eigenvalue weighted by molar-refractivity contribution is 5.75. The second-order valence-corrected chi connectivity index (χ2v) is 5.63. The summed E-state index contributed by atoms with van der Waals surface area (Å²) in [5.41, 5.74) is 4.17. The number of hydrogen-bond donors (Lipinski definition) is 1. The molecule has 0 aliphatic heterocycles. The first-order valence-electron chi connectivity index (χ1n) is 7.80. The van der Waals surface area contributed by atoms with Crippen molar-refractivity contribution in [2.75, 3.05) is 0 Å². The molecule has 1 aromatic rings. The zero-order valence-corrected chi connectivity index (χ0v) is 13.7. The van der Waals surface area contributed by atoms with E-state index in [4.69, 9.17) is 6.42 Å². The first-order chi connectivity index (χ1) is 11.7. The molecule has 0 saturated heterocycles. The van der Waals surface area contributed by atoms with Crippen LogP contribution in [0, 0.1) is 12.3 Å². The molecule has 0 aromatic heterocycles. The van der Waals surface area contributed by atoms with E-state index in [-0.39, 0.29) is 0 Å². The van der Waals surface area contributed by atoms with Crippen molar-refractivity contribution in [1.82, 2.24) is 5.32 Å². The number of terminal acetylenes is 1. The van der Waals surface area contributed by atoms with Gasteiger partial charge in [0.1, 0.15) is 0 Å². The summed E-state index contributed by atoms with van der Waals surface area (Å²) in [6, 6.07) is 16.1. The van der Waals surface area contributed by atoms with Gasteiger partial charge >= 0.3 is 0 Å². The second kappa shape index (κ2) is 7.99. The summed E-state index contributed by atoms with van der Waals surface area (Å²) in [6.45, 7) is 7.49. The standard InChI is InChI=1S/C16H17NO.C6H4/c1-4-11-16(12-5-2,17-13-18)15-9-7-14(6-3)8-10-15;1-2-6-4-3-5(1)6/h3-5,7-10,13H,1-2,11-12H2,(H,17,18);1-4H. The predicted octanol–water partition coefficient (Wildman–Crippen LogP) is 4.43. The molecule has 1 amide bonds. The van der Waals surface area contributed by atoms with Crippen molar-refractivity contribution < 1.29 is 4.79 Å². The largest absolute Gasteiger partial charge is 0.349 e. The summed E-state index contributed by atoms with van der Waals surface area (Å²) in [5.74, 6) is 2.57. The summed E-state index contributed by atoms with van der Waals surface area (Å²) in [4.78, 5) is 10.9. The molecule has 0 spiro atoms. The summed E-state index contributed by atoms with van der Waals surface area (Å²) in [7, 11) is 0. The number of hydrogen-bond acceptors (Lipinski definition) is 1. The minimum absolute atomic E-state index is 0.488. The Kier molecular flexibility index (Phi) is 5.76. The molecule has 0 radical (unpaired) electrons. The second-order valence-electron chi connectivity index (χ2n) is 5.63. The van der Waals surface area contributed by atoms with Crippen molar-refractivity contribution in [3.05, 3.63) is 85.0 Å². The van der Waals surface area contributed by atoms with Crippen molar-refractivity contribution in [2.24, 2.45) is 0 Å². The molecule has 120 valence electrons. The molecule has 3 rings (SSSR count). The Morgan fingerprint density at radius 3 is 1.75 bits per heavy atom. The van der Waals surface area contributed by atoms with Gasteiger partial charge in [-0.2, -0.15) is 0 Å². The summed E-state index contributed by atoms with van der Waals surface area (Å²) in [5, 5.41) is 2.88. The van der Waals surface area contributed by atoms with Crippen LogP contribution in [0.15, 0.2) is 73.8 Å². The highest BCUT2D eigenvalue weighted by Gasteiger charge is 2.28. The lowest BCUT2D eigenvalue weighted by molar-refractivity contribution is -0.111. The third kappa shape index (κ3) is 3.64. The van der Waals surface area contributed by atoms with Gasteiger partial charge in [-0.1, -0.05) is 54.5 Å². The van der Waals surface area contributed by atoms with Crippen LogP contribution in [0.25, 0.3) is 11.1 Å². The Balaban J connectivity index is 0.000000282. The van der Waals surface area contributed by atoms with Gasteiger partial charge in [-0.05, 0) is 41.7 Å². The highest BCUT2D eigenvalue weighted by Crippen LogP contribution is 2.30. The van der Waals surface area contributed by atoms with Gasteiger partial charge < -0.3 is 5.32 Å². The molecule has 0 bridgehead atoms. The van der Waals surface area contributed by atoms with E-state index in [0.717, 1.165) is 11.1 Å². The Bertz CT molecular complexity index is 701. The van der Waals surface area contributed by atoms with Crippen LogP contribution in [0.3, 0.4) is 0 Å². The molecule has 2 aliphatic carbocycles. The lowest BCUT2D eigenvalue weighted by Gasteiger charge is -2.32. The van der Waals surface area contributed by atoms with Crippen LogP contribution in [0.1, 0.15) is 24.0 Å². The average molecular weight is 315 g/mol. The first kappa shape index (κ1) is 17.3. The van der Waals surface area contributed by atoms with E-state index >= 15 is 0 Å². The molecule has 2 nitrogen and oxygen atoms in total. The third-order valence-electron chi connectivity index (χ3n) is 4.14. The van der Waals surface area contributed by atoms with Gasteiger partial charge in [-0.25, -0.2) is 0 Å². The minimum atomic E-state index is -0.488. The molecule has 1 aromatic carbocycles. The summed E-state index contributed by atoms with van der Waals surface area (Å²) in [6.07, 6.45) is 10.9. The van der Waals surface area contributed by atoms with Crippen LogP contribution < -0.4 is 5.32 Å². The molecule has 0 fully saturated rings. The van der Waals surface area contributed by atoms with Crippen molar-refractivity contribution in [2.45, 2.75) is 18.4 Å². The van der Waals surface area contributed by atoms with Crippen molar-refractivity contribution in [3.63, 3.8) is 0 Å². The fourth-order valence-corrected chi connectivity index (χ4v) is 2.67. The van der Waals surface area contributed by atoms with E-state index in [9.17, 15) is 4.79 Å². The van der Waals surface area contributed by atoms with E-state index < -0.39 is 5.54 Å². The van der Waals surface area contributed by atoms with Crippen LogP contribution in [-0.2, 0) is 10.3 Å². The van der Waals surface area contributed by atoms with E-state index in [2.05, 4.69) is 48.7 Å². The summed E-state index contributed by atoms with van der Waals surface area (Å²) >= 11 is 0. The lowest BCUT2D eigenvalue weighted by Crippen LogP contribution is -2.40. The SMILES string of the molecule is C#Cc1ccc(C(CC=C)(CC=C)NC=O)cc1.c1cc2ccc1-2.